The van der Waals surface area contributed by atoms with Crippen molar-refractivity contribution in [1.82, 2.24) is 0 Å². The molecule has 0 heterocycles. The quantitative estimate of drug-likeness (QED) is 0.296. The largest absolute Gasteiger partial charge is 0.103 e. The van der Waals surface area contributed by atoms with Gasteiger partial charge in [-0.25, -0.2) is 0 Å². The van der Waals surface area contributed by atoms with E-state index in [4.69, 9.17) is 0 Å². The second kappa shape index (κ2) is 10.3. The van der Waals surface area contributed by atoms with Crippen LogP contribution < -0.4 is 0 Å². The molecule has 0 unspecified atom stereocenters. The standard InChI is InChI=1S/C31H32/c1-3-4-5-25-12-16-28(17-13-25)30-20-22-31(23-21-30)29-18-14-27(15-19-29)11-10-26-8-6-24(2)7-9-26/h3,6-9,14-15,18-23,25,28H,1,4-5,12-13,16-17H2,2H3/t25-,28-. The van der Waals surface area contributed by atoms with E-state index >= 15 is 0 Å². The minimum Gasteiger partial charge on any atom is -0.103 e. The molecular formula is C31H32. The van der Waals surface area contributed by atoms with Crippen LogP contribution in [-0.2, 0) is 0 Å². The van der Waals surface area contributed by atoms with Crippen molar-refractivity contribution in [2.45, 2.75) is 51.4 Å². The van der Waals surface area contributed by atoms with Crippen molar-refractivity contribution in [2.24, 2.45) is 5.92 Å². The zero-order valence-electron chi connectivity index (χ0n) is 18.6. The van der Waals surface area contributed by atoms with Gasteiger partial charge in [0, 0.05) is 11.1 Å². The summed E-state index contributed by atoms with van der Waals surface area (Å²) in [6.45, 7) is 5.96. The van der Waals surface area contributed by atoms with Crippen LogP contribution in [0.3, 0.4) is 0 Å². The van der Waals surface area contributed by atoms with Crippen molar-refractivity contribution < 1.29 is 0 Å². The molecule has 3 aromatic rings. The molecule has 1 aliphatic carbocycles. The lowest BCUT2D eigenvalue weighted by molar-refractivity contribution is 0.312. The van der Waals surface area contributed by atoms with Crippen molar-refractivity contribution in [3.8, 4) is 23.0 Å². The van der Waals surface area contributed by atoms with E-state index in [-0.39, 0.29) is 0 Å². The molecule has 0 radical (unpaired) electrons. The molecule has 156 valence electrons. The lowest BCUT2D eigenvalue weighted by atomic mass is 9.77. The van der Waals surface area contributed by atoms with Gasteiger partial charge in [-0.2, -0.15) is 0 Å². The number of hydrogen-bond donors (Lipinski definition) is 0. The van der Waals surface area contributed by atoms with Gasteiger partial charge in [0.2, 0.25) is 0 Å². The van der Waals surface area contributed by atoms with E-state index in [1.165, 1.54) is 60.8 Å². The fourth-order valence-electron chi connectivity index (χ4n) is 4.61. The molecule has 3 aromatic carbocycles. The predicted octanol–water partition coefficient (Wildman–Crippen LogP) is 8.30. The molecular weight excluding hydrogens is 372 g/mol. The Morgan fingerprint density at radius 1 is 0.742 bits per heavy atom. The minimum absolute atomic E-state index is 0.730. The topological polar surface area (TPSA) is 0 Å². The van der Waals surface area contributed by atoms with Gasteiger partial charge >= 0.3 is 0 Å². The maximum atomic E-state index is 3.86. The molecule has 4 rings (SSSR count). The molecule has 1 saturated carbocycles. The molecule has 31 heavy (non-hydrogen) atoms. The van der Waals surface area contributed by atoms with Gasteiger partial charge in [0.25, 0.3) is 0 Å². The molecule has 0 aliphatic heterocycles. The van der Waals surface area contributed by atoms with Gasteiger partial charge < -0.3 is 0 Å². The second-order valence-corrected chi connectivity index (χ2v) is 8.90. The second-order valence-electron chi connectivity index (χ2n) is 8.90. The van der Waals surface area contributed by atoms with Crippen molar-refractivity contribution in [3.63, 3.8) is 0 Å². The number of rotatable bonds is 5. The first-order chi connectivity index (χ1) is 15.2. The highest BCUT2D eigenvalue weighted by Crippen LogP contribution is 2.38. The first kappa shape index (κ1) is 21.2. The Labute approximate surface area is 188 Å². The third-order valence-corrected chi connectivity index (χ3v) is 6.63. The van der Waals surface area contributed by atoms with Crippen LogP contribution in [0.25, 0.3) is 11.1 Å². The van der Waals surface area contributed by atoms with Crippen LogP contribution in [0, 0.1) is 24.7 Å². The number of hydrogen-bond acceptors (Lipinski definition) is 0. The zero-order valence-corrected chi connectivity index (χ0v) is 18.6. The van der Waals surface area contributed by atoms with Crippen LogP contribution in [0.2, 0.25) is 0 Å². The van der Waals surface area contributed by atoms with E-state index in [0.29, 0.717) is 0 Å². The Balaban J connectivity index is 1.37. The molecule has 0 saturated heterocycles. The van der Waals surface area contributed by atoms with Crippen LogP contribution in [0.15, 0.2) is 85.5 Å². The Kier molecular flexibility index (Phi) is 7.06. The number of benzene rings is 3. The van der Waals surface area contributed by atoms with Crippen LogP contribution in [-0.4, -0.2) is 0 Å². The summed E-state index contributed by atoms with van der Waals surface area (Å²) in [5.41, 5.74) is 7.40. The van der Waals surface area contributed by atoms with Gasteiger partial charge in [-0.15, -0.1) is 6.58 Å². The SMILES string of the molecule is C=CCC[C@H]1CC[C@H](c2ccc(-c3ccc(C#Cc4ccc(C)cc4)cc3)cc2)CC1. The average Bonchev–Trinajstić information content (AvgIpc) is 2.83. The molecule has 0 nitrogen and oxygen atoms in total. The number of aryl methyl sites for hydroxylation is 1. The average molecular weight is 405 g/mol. The van der Waals surface area contributed by atoms with Crippen molar-refractivity contribution >= 4 is 0 Å². The van der Waals surface area contributed by atoms with E-state index in [1.54, 1.807) is 0 Å². The maximum Gasteiger partial charge on any atom is 0.0249 e. The predicted molar refractivity (Wildman–Crippen MR) is 133 cm³/mol. The maximum absolute atomic E-state index is 3.86. The zero-order chi connectivity index (χ0) is 21.5. The van der Waals surface area contributed by atoms with Gasteiger partial charge in [-0.3, -0.25) is 0 Å². The lowest BCUT2D eigenvalue weighted by Crippen LogP contribution is -2.13. The summed E-state index contributed by atoms with van der Waals surface area (Å²) in [4.78, 5) is 0. The van der Waals surface area contributed by atoms with E-state index in [9.17, 15) is 0 Å². The molecule has 0 atom stereocenters. The molecule has 0 N–H and O–H groups in total. The fraction of sp³-hybridized carbons (Fsp3) is 0.290. The molecule has 1 fully saturated rings. The normalized spacial score (nSPS) is 18.1. The summed E-state index contributed by atoms with van der Waals surface area (Å²) in [6, 6.07) is 26.2. The molecule has 0 heteroatoms. The van der Waals surface area contributed by atoms with Gasteiger partial charge in [-0.1, -0.05) is 72.0 Å². The Morgan fingerprint density at radius 2 is 1.26 bits per heavy atom. The first-order valence-corrected chi connectivity index (χ1v) is 11.6. The van der Waals surface area contributed by atoms with E-state index < -0.39 is 0 Å². The lowest BCUT2D eigenvalue weighted by Gasteiger charge is -2.28. The van der Waals surface area contributed by atoms with Gasteiger partial charge in [0.15, 0.2) is 0 Å². The molecule has 0 aromatic heterocycles. The van der Waals surface area contributed by atoms with Gasteiger partial charge in [0.05, 0.1) is 0 Å². The summed E-state index contributed by atoms with van der Waals surface area (Å²) < 4.78 is 0. The first-order valence-electron chi connectivity index (χ1n) is 11.6. The summed E-state index contributed by atoms with van der Waals surface area (Å²) in [6.07, 6.45) is 9.94. The van der Waals surface area contributed by atoms with Crippen molar-refractivity contribution in [1.29, 1.82) is 0 Å². The summed E-state index contributed by atoms with van der Waals surface area (Å²) in [7, 11) is 0. The summed E-state index contributed by atoms with van der Waals surface area (Å²) in [5.74, 6) is 8.16. The highest BCUT2D eigenvalue weighted by Gasteiger charge is 2.21. The highest BCUT2D eigenvalue weighted by atomic mass is 14.3. The summed E-state index contributed by atoms with van der Waals surface area (Å²) in [5, 5.41) is 0. The smallest absolute Gasteiger partial charge is 0.0249 e. The van der Waals surface area contributed by atoms with Gasteiger partial charge in [-0.05, 0) is 98.2 Å². The third kappa shape index (κ3) is 5.77. The molecule has 0 bridgehead atoms. The third-order valence-electron chi connectivity index (χ3n) is 6.63. The van der Waals surface area contributed by atoms with Crippen molar-refractivity contribution in [2.75, 3.05) is 0 Å². The van der Waals surface area contributed by atoms with E-state index in [2.05, 4.69) is 104 Å². The van der Waals surface area contributed by atoms with Gasteiger partial charge in [0.1, 0.15) is 0 Å². The monoisotopic (exact) mass is 404 g/mol. The van der Waals surface area contributed by atoms with Crippen molar-refractivity contribution in [3.05, 3.63) is 108 Å². The highest BCUT2D eigenvalue weighted by molar-refractivity contribution is 5.65. The number of allylic oxidation sites excluding steroid dienone is 1. The van der Waals surface area contributed by atoms with Crippen LogP contribution >= 0.6 is 0 Å². The van der Waals surface area contributed by atoms with E-state index in [1.807, 2.05) is 0 Å². The Hall–Kier alpha value is -3.04. The fourth-order valence-corrected chi connectivity index (χ4v) is 4.61. The molecule has 0 spiro atoms. The Morgan fingerprint density at radius 3 is 1.81 bits per heavy atom. The minimum atomic E-state index is 0.730. The van der Waals surface area contributed by atoms with E-state index in [0.717, 1.165) is 23.0 Å². The van der Waals surface area contributed by atoms with Crippen LogP contribution in [0.5, 0.6) is 0 Å². The summed E-state index contributed by atoms with van der Waals surface area (Å²) >= 11 is 0. The Bertz CT molecular complexity index is 1030. The van der Waals surface area contributed by atoms with Crippen LogP contribution in [0.1, 0.15) is 66.7 Å². The molecule has 1 aliphatic rings. The molecule has 0 amide bonds. The van der Waals surface area contributed by atoms with Crippen LogP contribution in [0.4, 0.5) is 0 Å².